The Morgan fingerprint density at radius 1 is 1.00 bits per heavy atom. The van der Waals surface area contributed by atoms with Crippen molar-refractivity contribution in [3.63, 3.8) is 0 Å². The Morgan fingerprint density at radius 3 is 2.46 bits per heavy atom. The highest BCUT2D eigenvalue weighted by Crippen LogP contribution is 2.27. The molecule has 3 aromatic rings. The molecule has 2 heterocycles. The van der Waals surface area contributed by atoms with Crippen molar-refractivity contribution in [2.24, 2.45) is 0 Å². The molecule has 5 nitrogen and oxygen atoms in total. The number of ether oxygens (including phenoxy) is 1. The van der Waals surface area contributed by atoms with Crippen LogP contribution in [-0.2, 0) is 0 Å². The number of hydrogen-bond donors (Lipinski definition) is 1. The van der Waals surface area contributed by atoms with Gasteiger partial charge in [0, 0.05) is 29.0 Å². The summed E-state index contributed by atoms with van der Waals surface area (Å²) in [7, 11) is 0. The van der Waals surface area contributed by atoms with Crippen LogP contribution in [0.5, 0.6) is 5.75 Å². The minimum Gasteiger partial charge on any atom is -0.494 e. The third kappa shape index (κ3) is 6.46. The van der Waals surface area contributed by atoms with E-state index >= 15 is 0 Å². The Kier molecular flexibility index (Phi) is 8.06. The van der Waals surface area contributed by atoms with Crippen molar-refractivity contribution in [1.82, 2.24) is 15.0 Å². The maximum absolute atomic E-state index is 5.82. The highest BCUT2D eigenvalue weighted by molar-refractivity contribution is 7.14. The SMILES string of the molecule is CCCCCCCCOc1ccc(Nc2nc(-c3cnc(Cl)nc3)cs2)cc1. The van der Waals surface area contributed by atoms with Gasteiger partial charge in [-0.1, -0.05) is 39.0 Å². The highest BCUT2D eigenvalue weighted by Gasteiger charge is 2.06. The number of rotatable bonds is 11. The third-order valence-corrected chi connectivity index (χ3v) is 5.25. The van der Waals surface area contributed by atoms with E-state index < -0.39 is 0 Å². The number of unbranched alkanes of at least 4 members (excludes halogenated alkanes) is 5. The first kappa shape index (κ1) is 20.6. The number of anilines is 2. The summed E-state index contributed by atoms with van der Waals surface area (Å²) in [6.45, 7) is 3.02. The standard InChI is InChI=1S/C21H25ClN4OS/c1-2-3-4-5-6-7-12-27-18-10-8-17(9-11-18)25-21-26-19(15-28-21)16-13-23-20(22)24-14-16/h8-11,13-15H,2-7,12H2,1H3,(H,25,26). The molecule has 1 aromatic carbocycles. The zero-order valence-electron chi connectivity index (χ0n) is 16.0. The molecule has 148 valence electrons. The molecular weight excluding hydrogens is 392 g/mol. The van der Waals surface area contributed by atoms with E-state index in [0.29, 0.717) is 0 Å². The van der Waals surface area contributed by atoms with Gasteiger partial charge in [-0.25, -0.2) is 15.0 Å². The summed E-state index contributed by atoms with van der Waals surface area (Å²) >= 11 is 7.26. The van der Waals surface area contributed by atoms with E-state index in [9.17, 15) is 0 Å². The normalized spacial score (nSPS) is 10.8. The Morgan fingerprint density at radius 2 is 1.71 bits per heavy atom. The zero-order valence-corrected chi connectivity index (χ0v) is 17.6. The van der Waals surface area contributed by atoms with Crippen LogP contribution in [0.3, 0.4) is 0 Å². The molecule has 0 unspecified atom stereocenters. The van der Waals surface area contributed by atoms with Gasteiger partial charge in [0.2, 0.25) is 5.28 Å². The molecule has 0 fully saturated rings. The van der Waals surface area contributed by atoms with E-state index in [0.717, 1.165) is 40.9 Å². The Bertz CT molecular complexity index is 836. The molecule has 28 heavy (non-hydrogen) atoms. The predicted octanol–water partition coefficient (Wildman–Crippen LogP) is 6.74. The van der Waals surface area contributed by atoms with Crippen LogP contribution >= 0.6 is 22.9 Å². The fourth-order valence-corrected chi connectivity index (χ4v) is 3.58. The van der Waals surface area contributed by atoms with Crippen LogP contribution in [0, 0.1) is 0 Å². The van der Waals surface area contributed by atoms with Crippen LogP contribution in [0.15, 0.2) is 42.0 Å². The molecule has 7 heteroatoms. The van der Waals surface area contributed by atoms with Crippen molar-refractivity contribution in [3.05, 3.63) is 47.3 Å². The van der Waals surface area contributed by atoms with Gasteiger partial charge >= 0.3 is 0 Å². The molecule has 0 amide bonds. The van der Waals surface area contributed by atoms with Gasteiger partial charge in [0.1, 0.15) is 5.75 Å². The van der Waals surface area contributed by atoms with Gasteiger partial charge in [-0.2, -0.15) is 0 Å². The van der Waals surface area contributed by atoms with Gasteiger partial charge < -0.3 is 10.1 Å². The lowest BCUT2D eigenvalue weighted by molar-refractivity contribution is 0.304. The number of nitrogens with one attached hydrogen (secondary N) is 1. The summed E-state index contributed by atoms with van der Waals surface area (Å²) in [6, 6.07) is 7.98. The molecule has 0 bridgehead atoms. The molecule has 0 radical (unpaired) electrons. The van der Waals surface area contributed by atoms with Gasteiger partial charge in [-0.05, 0) is 42.3 Å². The number of aromatic nitrogens is 3. The summed E-state index contributed by atoms with van der Waals surface area (Å²) in [4.78, 5) is 12.6. The van der Waals surface area contributed by atoms with Crippen LogP contribution in [0.1, 0.15) is 45.4 Å². The summed E-state index contributed by atoms with van der Waals surface area (Å²) in [5.74, 6) is 0.900. The minimum atomic E-state index is 0.233. The molecule has 0 aliphatic carbocycles. The third-order valence-electron chi connectivity index (χ3n) is 4.29. The molecule has 1 N–H and O–H groups in total. The van der Waals surface area contributed by atoms with Crippen LogP contribution < -0.4 is 10.1 Å². The number of nitrogens with zero attached hydrogens (tertiary/aromatic N) is 3. The molecule has 0 aliphatic rings. The van der Waals surface area contributed by atoms with Gasteiger partial charge in [0.15, 0.2) is 5.13 Å². The van der Waals surface area contributed by atoms with E-state index in [4.69, 9.17) is 16.3 Å². The van der Waals surface area contributed by atoms with E-state index in [2.05, 4.69) is 27.2 Å². The zero-order chi connectivity index (χ0) is 19.6. The van der Waals surface area contributed by atoms with Crippen LogP contribution in [0.25, 0.3) is 11.3 Å². The van der Waals surface area contributed by atoms with Gasteiger partial charge in [0.05, 0.1) is 12.3 Å². The van der Waals surface area contributed by atoms with E-state index in [1.807, 2.05) is 29.6 Å². The first-order valence-electron chi connectivity index (χ1n) is 9.68. The van der Waals surface area contributed by atoms with Crippen molar-refractivity contribution in [2.75, 3.05) is 11.9 Å². The maximum Gasteiger partial charge on any atom is 0.222 e. The molecule has 0 aliphatic heterocycles. The first-order valence-corrected chi connectivity index (χ1v) is 10.9. The second kappa shape index (κ2) is 11.0. The number of hydrogen-bond acceptors (Lipinski definition) is 6. The van der Waals surface area contributed by atoms with Crippen molar-refractivity contribution in [3.8, 4) is 17.0 Å². The predicted molar refractivity (Wildman–Crippen MR) is 117 cm³/mol. The molecule has 0 saturated heterocycles. The van der Waals surface area contributed by atoms with Crippen molar-refractivity contribution in [1.29, 1.82) is 0 Å². The second-order valence-electron chi connectivity index (χ2n) is 6.54. The highest BCUT2D eigenvalue weighted by atomic mass is 35.5. The topological polar surface area (TPSA) is 59.9 Å². The van der Waals surface area contributed by atoms with Crippen molar-refractivity contribution in [2.45, 2.75) is 45.4 Å². The minimum absolute atomic E-state index is 0.233. The Balaban J connectivity index is 1.45. The van der Waals surface area contributed by atoms with Gasteiger partial charge in [-0.3, -0.25) is 0 Å². The Hall–Kier alpha value is -2.18. The monoisotopic (exact) mass is 416 g/mol. The van der Waals surface area contributed by atoms with E-state index in [1.54, 1.807) is 12.4 Å². The average Bonchev–Trinajstić information content (AvgIpc) is 3.17. The van der Waals surface area contributed by atoms with Crippen LogP contribution in [0.4, 0.5) is 10.8 Å². The van der Waals surface area contributed by atoms with Crippen LogP contribution in [0.2, 0.25) is 5.28 Å². The van der Waals surface area contributed by atoms with Crippen molar-refractivity contribution >= 4 is 33.8 Å². The lowest BCUT2D eigenvalue weighted by atomic mass is 10.1. The van der Waals surface area contributed by atoms with Gasteiger partial charge in [0.25, 0.3) is 0 Å². The molecular formula is C21H25ClN4OS. The smallest absolute Gasteiger partial charge is 0.222 e. The fourth-order valence-electron chi connectivity index (χ4n) is 2.74. The lowest BCUT2D eigenvalue weighted by Crippen LogP contribution is -1.97. The molecule has 0 spiro atoms. The summed E-state index contributed by atoms with van der Waals surface area (Å²) < 4.78 is 5.82. The van der Waals surface area contributed by atoms with Gasteiger partial charge in [-0.15, -0.1) is 11.3 Å². The number of halogens is 1. The number of thiazole rings is 1. The van der Waals surface area contributed by atoms with Crippen LogP contribution in [-0.4, -0.2) is 21.6 Å². The first-order chi connectivity index (χ1) is 13.7. The average molecular weight is 417 g/mol. The molecule has 0 saturated carbocycles. The van der Waals surface area contributed by atoms with Crippen molar-refractivity contribution < 1.29 is 4.74 Å². The summed E-state index contributed by atoms with van der Waals surface area (Å²) in [5, 5.41) is 6.32. The second-order valence-corrected chi connectivity index (χ2v) is 7.74. The fraction of sp³-hybridized carbons (Fsp3) is 0.381. The molecule has 2 aromatic heterocycles. The van der Waals surface area contributed by atoms with E-state index in [-0.39, 0.29) is 5.28 Å². The quantitative estimate of drug-likeness (QED) is 0.277. The summed E-state index contributed by atoms with van der Waals surface area (Å²) in [6.07, 6.45) is 11.0. The Labute approximate surface area is 175 Å². The summed E-state index contributed by atoms with van der Waals surface area (Å²) in [5.41, 5.74) is 2.63. The lowest BCUT2D eigenvalue weighted by Gasteiger charge is -2.08. The number of benzene rings is 1. The largest absolute Gasteiger partial charge is 0.494 e. The molecule has 3 rings (SSSR count). The van der Waals surface area contributed by atoms with E-state index in [1.165, 1.54) is 43.4 Å². The molecule has 0 atom stereocenters. The maximum atomic E-state index is 5.82.